The Balaban J connectivity index is 1.38. The number of nitrogens with one attached hydrogen (secondary N) is 2. The van der Waals surface area contributed by atoms with Gasteiger partial charge in [-0.05, 0) is 50.5 Å². The van der Waals surface area contributed by atoms with Gasteiger partial charge in [-0.3, -0.25) is 0 Å². The molecule has 0 amide bonds. The van der Waals surface area contributed by atoms with Crippen molar-refractivity contribution in [1.82, 2.24) is 9.97 Å². The lowest BCUT2D eigenvalue weighted by molar-refractivity contribution is 0.679. The van der Waals surface area contributed by atoms with Crippen molar-refractivity contribution in [1.29, 1.82) is 0 Å². The zero-order chi connectivity index (χ0) is 17.2. The molecule has 1 aliphatic rings. The van der Waals surface area contributed by atoms with E-state index in [4.69, 9.17) is 0 Å². The molecule has 0 fully saturated rings. The van der Waals surface area contributed by atoms with Gasteiger partial charge in [0, 0.05) is 19.2 Å². The van der Waals surface area contributed by atoms with Crippen LogP contribution in [0.2, 0.25) is 0 Å². The molecular weight excluding hydrogens is 308 g/mol. The van der Waals surface area contributed by atoms with E-state index in [9.17, 15) is 0 Å². The smallest absolute Gasteiger partial charge is 0.131 e. The predicted octanol–water partition coefficient (Wildman–Crippen LogP) is 4.82. The van der Waals surface area contributed by atoms with Crippen molar-refractivity contribution in [2.45, 2.75) is 44.9 Å². The highest BCUT2D eigenvalue weighted by molar-refractivity contribution is 5.46. The largest absolute Gasteiger partial charge is 0.370 e. The van der Waals surface area contributed by atoms with Crippen LogP contribution in [-0.2, 0) is 6.42 Å². The van der Waals surface area contributed by atoms with Crippen molar-refractivity contribution in [3.8, 4) is 0 Å². The first kappa shape index (κ1) is 17.5. The lowest BCUT2D eigenvalue weighted by atomic mass is 9.97. The zero-order valence-electron chi connectivity index (χ0n) is 14.9. The number of aromatic nitrogens is 2. The number of hydrogen-bond acceptors (Lipinski definition) is 4. The van der Waals surface area contributed by atoms with Gasteiger partial charge in [0.15, 0.2) is 0 Å². The molecule has 0 aliphatic heterocycles. The van der Waals surface area contributed by atoms with Gasteiger partial charge in [-0.2, -0.15) is 0 Å². The van der Waals surface area contributed by atoms with Crippen LogP contribution in [0.4, 0.5) is 11.6 Å². The third kappa shape index (κ3) is 6.22. The van der Waals surface area contributed by atoms with Gasteiger partial charge in [-0.1, -0.05) is 42.0 Å². The van der Waals surface area contributed by atoms with Gasteiger partial charge in [-0.25, -0.2) is 9.97 Å². The van der Waals surface area contributed by atoms with Gasteiger partial charge >= 0.3 is 0 Å². The first-order chi connectivity index (χ1) is 12.4. The molecule has 0 saturated carbocycles. The third-order valence-electron chi connectivity index (χ3n) is 4.60. The summed E-state index contributed by atoms with van der Waals surface area (Å²) in [6.07, 6.45) is 12.5. The maximum atomic E-state index is 4.32. The second-order valence-corrected chi connectivity index (χ2v) is 6.59. The molecular formula is C21H28N4. The van der Waals surface area contributed by atoms with Crippen molar-refractivity contribution in [3.63, 3.8) is 0 Å². The van der Waals surface area contributed by atoms with Gasteiger partial charge in [0.2, 0.25) is 0 Å². The molecule has 1 aromatic carbocycles. The third-order valence-corrected chi connectivity index (χ3v) is 4.60. The van der Waals surface area contributed by atoms with E-state index in [1.807, 2.05) is 6.07 Å². The Morgan fingerprint density at radius 2 is 1.68 bits per heavy atom. The van der Waals surface area contributed by atoms with Crippen LogP contribution in [0.1, 0.15) is 44.1 Å². The first-order valence-corrected chi connectivity index (χ1v) is 9.42. The van der Waals surface area contributed by atoms with Crippen LogP contribution >= 0.6 is 0 Å². The monoisotopic (exact) mass is 336 g/mol. The molecule has 0 spiro atoms. The molecule has 0 unspecified atom stereocenters. The molecule has 2 aromatic rings. The SMILES string of the molecule is C1=C(CCNc2cc(NCCCc3ccccc3)ncn2)CCCC1. The van der Waals surface area contributed by atoms with E-state index in [1.165, 1.54) is 31.2 Å². The Morgan fingerprint density at radius 1 is 0.880 bits per heavy atom. The number of anilines is 2. The normalized spacial score (nSPS) is 14.0. The number of aryl methyl sites for hydroxylation is 1. The van der Waals surface area contributed by atoms with E-state index in [0.29, 0.717) is 0 Å². The molecule has 4 nitrogen and oxygen atoms in total. The quantitative estimate of drug-likeness (QED) is 0.509. The topological polar surface area (TPSA) is 49.8 Å². The van der Waals surface area contributed by atoms with E-state index >= 15 is 0 Å². The summed E-state index contributed by atoms with van der Waals surface area (Å²) < 4.78 is 0. The lowest BCUT2D eigenvalue weighted by Gasteiger charge is -2.13. The van der Waals surface area contributed by atoms with Crippen LogP contribution in [0.3, 0.4) is 0 Å². The summed E-state index contributed by atoms with van der Waals surface area (Å²) in [6, 6.07) is 12.6. The van der Waals surface area contributed by atoms with Crippen LogP contribution in [0.25, 0.3) is 0 Å². The summed E-state index contributed by atoms with van der Waals surface area (Å²) in [5.41, 5.74) is 2.97. The van der Waals surface area contributed by atoms with Gasteiger partial charge in [0.1, 0.15) is 18.0 Å². The minimum atomic E-state index is 0.891. The molecule has 2 N–H and O–H groups in total. The van der Waals surface area contributed by atoms with Gasteiger partial charge in [-0.15, -0.1) is 0 Å². The van der Waals surface area contributed by atoms with Crippen molar-refractivity contribution < 1.29 is 0 Å². The highest BCUT2D eigenvalue weighted by Gasteiger charge is 2.04. The van der Waals surface area contributed by atoms with Crippen molar-refractivity contribution in [2.75, 3.05) is 23.7 Å². The predicted molar refractivity (Wildman–Crippen MR) is 105 cm³/mol. The Labute approximate surface area is 150 Å². The molecule has 1 aliphatic carbocycles. The van der Waals surface area contributed by atoms with Gasteiger partial charge < -0.3 is 10.6 Å². The van der Waals surface area contributed by atoms with E-state index in [0.717, 1.165) is 44.0 Å². The summed E-state index contributed by atoms with van der Waals surface area (Å²) in [4.78, 5) is 8.62. The lowest BCUT2D eigenvalue weighted by Crippen LogP contribution is -2.08. The average molecular weight is 336 g/mol. The Kier molecular flexibility index (Phi) is 6.86. The van der Waals surface area contributed by atoms with Crippen LogP contribution in [-0.4, -0.2) is 23.1 Å². The summed E-state index contributed by atoms with van der Waals surface area (Å²) in [7, 11) is 0. The maximum absolute atomic E-state index is 4.32. The van der Waals surface area contributed by atoms with Crippen LogP contribution in [0.5, 0.6) is 0 Å². The second kappa shape index (κ2) is 9.82. The maximum Gasteiger partial charge on any atom is 0.131 e. The van der Waals surface area contributed by atoms with E-state index in [-0.39, 0.29) is 0 Å². The summed E-state index contributed by atoms with van der Waals surface area (Å²) in [5, 5.41) is 6.81. The van der Waals surface area contributed by atoms with Crippen molar-refractivity contribution in [3.05, 3.63) is 59.9 Å². The molecule has 1 heterocycles. The molecule has 0 bridgehead atoms. The van der Waals surface area contributed by atoms with E-state index in [2.05, 4.69) is 57.0 Å². The Morgan fingerprint density at radius 3 is 2.44 bits per heavy atom. The number of benzene rings is 1. The average Bonchev–Trinajstić information content (AvgIpc) is 2.67. The van der Waals surface area contributed by atoms with E-state index < -0.39 is 0 Å². The molecule has 0 atom stereocenters. The number of allylic oxidation sites excluding steroid dienone is 1. The fourth-order valence-corrected chi connectivity index (χ4v) is 3.19. The summed E-state index contributed by atoms with van der Waals surface area (Å²) >= 11 is 0. The van der Waals surface area contributed by atoms with E-state index in [1.54, 1.807) is 11.9 Å². The van der Waals surface area contributed by atoms with Gasteiger partial charge in [0.05, 0.1) is 0 Å². The minimum absolute atomic E-state index is 0.891. The molecule has 1 aromatic heterocycles. The van der Waals surface area contributed by atoms with Crippen molar-refractivity contribution >= 4 is 11.6 Å². The molecule has 4 heteroatoms. The number of hydrogen-bond donors (Lipinski definition) is 2. The zero-order valence-corrected chi connectivity index (χ0v) is 14.9. The molecule has 25 heavy (non-hydrogen) atoms. The molecule has 0 radical (unpaired) electrons. The standard InChI is InChI=1S/C21H28N4/c1-3-8-18(9-4-1)12-7-14-22-20-16-21(25-17-24-20)23-15-13-19-10-5-2-6-11-19/h1,3-4,8-10,16-17H,2,5-7,11-15H2,(H2,22,23,24,25). The Hall–Kier alpha value is -2.36. The first-order valence-electron chi connectivity index (χ1n) is 9.42. The number of nitrogens with zero attached hydrogens (tertiary/aromatic N) is 2. The van der Waals surface area contributed by atoms with Crippen LogP contribution in [0, 0.1) is 0 Å². The molecule has 0 saturated heterocycles. The van der Waals surface area contributed by atoms with Crippen LogP contribution in [0.15, 0.2) is 54.4 Å². The fraction of sp³-hybridized carbons (Fsp3) is 0.429. The number of rotatable bonds is 9. The highest BCUT2D eigenvalue weighted by Crippen LogP contribution is 2.20. The van der Waals surface area contributed by atoms with Crippen LogP contribution < -0.4 is 10.6 Å². The Bertz CT molecular complexity index is 667. The second-order valence-electron chi connectivity index (χ2n) is 6.59. The van der Waals surface area contributed by atoms with Crippen molar-refractivity contribution in [2.24, 2.45) is 0 Å². The summed E-state index contributed by atoms with van der Waals surface area (Å²) in [6.45, 7) is 1.86. The fourth-order valence-electron chi connectivity index (χ4n) is 3.19. The minimum Gasteiger partial charge on any atom is -0.370 e. The van der Waals surface area contributed by atoms with Gasteiger partial charge in [0.25, 0.3) is 0 Å². The highest BCUT2D eigenvalue weighted by atomic mass is 15.1. The molecule has 3 rings (SSSR count). The molecule has 132 valence electrons. The summed E-state index contributed by atoms with van der Waals surface area (Å²) in [5.74, 6) is 1.79.